The Morgan fingerprint density at radius 1 is 0.640 bits per heavy atom. The average Bonchev–Trinajstić information content (AvgIpc) is 2.52. The van der Waals surface area contributed by atoms with Crippen molar-refractivity contribution in [2.24, 2.45) is 35.5 Å². The summed E-state index contributed by atoms with van der Waals surface area (Å²) in [4.78, 5) is 0. The largest absolute Gasteiger partial charge is 0.358 e. The van der Waals surface area contributed by atoms with Crippen LogP contribution in [-0.4, -0.2) is 16.9 Å². The highest BCUT2D eigenvalue weighted by atomic mass is 31.1. The van der Waals surface area contributed by atoms with Crippen molar-refractivity contribution in [3.8, 4) is 0 Å². The maximum absolute atomic E-state index is 7.03. The van der Waals surface area contributed by atoms with Crippen molar-refractivity contribution in [3.63, 3.8) is 0 Å². The Balaban J connectivity index is 1.37. The molecule has 8 bridgehead atoms. The van der Waals surface area contributed by atoms with Gasteiger partial charge in [0.05, 0.1) is 6.61 Å². The second kappa shape index (κ2) is 5.70. The van der Waals surface area contributed by atoms with E-state index in [9.17, 15) is 0 Å². The number of hydrogen-bond acceptors (Lipinski definition) is 1. The third-order valence-electron chi connectivity index (χ3n) is 9.30. The number of hydrogen-bond donors (Lipinski definition) is 0. The molecule has 0 aliphatic heterocycles. The van der Waals surface area contributed by atoms with Crippen molar-refractivity contribution in [2.75, 3.05) is 6.61 Å². The smallest absolute Gasteiger partial charge is 0.0506 e. The summed E-state index contributed by atoms with van der Waals surface area (Å²) in [6.07, 6.45) is 20.1. The Morgan fingerprint density at radius 2 is 0.960 bits per heavy atom. The second-order valence-corrected chi connectivity index (χ2v) is 14.2. The molecule has 0 saturated heterocycles. The highest BCUT2D eigenvalue weighted by Gasteiger charge is 2.63. The van der Waals surface area contributed by atoms with E-state index in [-0.39, 0.29) is 8.15 Å². The van der Waals surface area contributed by atoms with Crippen LogP contribution >= 0.6 is 8.15 Å². The molecule has 8 rings (SSSR count). The van der Waals surface area contributed by atoms with E-state index in [0.717, 1.165) is 42.1 Å². The molecular formula is C23H37OP. The van der Waals surface area contributed by atoms with Gasteiger partial charge in [-0.25, -0.2) is 0 Å². The Bertz CT molecular complexity index is 426. The lowest BCUT2D eigenvalue weighted by Crippen LogP contribution is -2.56. The minimum absolute atomic E-state index is 0.215. The van der Waals surface area contributed by atoms with Crippen molar-refractivity contribution in [1.29, 1.82) is 0 Å². The molecule has 0 atom stereocenters. The molecule has 0 amide bonds. The standard InChI is InChI=1S/C23H37OP/c1-2-3-24-25(22-10-16-4-17(11-22)6-18(5-16)12-22)23-13-19-7-20(14-23)9-21(8-19)15-23/h16-21H,2-15H2,1H3. The molecule has 0 unspecified atom stereocenters. The Morgan fingerprint density at radius 3 is 1.24 bits per heavy atom. The van der Waals surface area contributed by atoms with Gasteiger partial charge in [0.2, 0.25) is 0 Å². The maximum atomic E-state index is 7.03. The van der Waals surface area contributed by atoms with Gasteiger partial charge in [-0.15, -0.1) is 0 Å². The van der Waals surface area contributed by atoms with E-state index in [0.29, 0.717) is 10.3 Å². The number of rotatable bonds is 5. The zero-order chi connectivity index (χ0) is 16.6. The van der Waals surface area contributed by atoms with Crippen LogP contribution in [0.5, 0.6) is 0 Å². The second-order valence-electron chi connectivity index (χ2n) is 11.4. The summed E-state index contributed by atoms with van der Waals surface area (Å²) < 4.78 is 7.03. The third-order valence-corrected chi connectivity index (χ3v) is 12.6. The minimum Gasteiger partial charge on any atom is -0.358 e. The Labute approximate surface area is 155 Å². The van der Waals surface area contributed by atoms with Gasteiger partial charge >= 0.3 is 0 Å². The first-order valence-corrected chi connectivity index (χ1v) is 12.9. The molecule has 8 aliphatic carbocycles. The van der Waals surface area contributed by atoms with Gasteiger partial charge < -0.3 is 4.52 Å². The Kier molecular flexibility index (Phi) is 3.73. The van der Waals surface area contributed by atoms with Gasteiger partial charge in [0.15, 0.2) is 0 Å². The quantitative estimate of drug-likeness (QED) is 0.493. The van der Waals surface area contributed by atoms with E-state index in [4.69, 9.17) is 4.52 Å². The van der Waals surface area contributed by atoms with Gasteiger partial charge in [0.1, 0.15) is 0 Å². The molecule has 8 fully saturated rings. The fourth-order valence-corrected chi connectivity index (χ4v) is 14.1. The molecule has 0 N–H and O–H groups in total. The van der Waals surface area contributed by atoms with Crippen LogP contribution in [0.1, 0.15) is 90.4 Å². The van der Waals surface area contributed by atoms with Gasteiger partial charge in [-0.2, -0.15) is 0 Å². The molecule has 1 nitrogen and oxygen atoms in total. The average molecular weight is 361 g/mol. The molecule has 8 aliphatic rings. The molecule has 0 aromatic heterocycles. The van der Waals surface area contributed by atoms with E-state index in [1.165, 1.54) is 6.42 Å². The first-order valence-electron chi connectivity index (χ1n) is 11.6. The van der Waals surface area contributed by atoms with Crippen molar-refractivity contribution in [1.82, 2.24) is 0 Å². The zero-order valence-electron chi connectivity index (χ0n) is 16.2. The van der Waals surface area contributed by atoms with Crippen molar-refractivity contribution < 1.29 is 4.52 Å². The van der Waals surface area contributed by atoms with Gasteiger partial charge in [0, 0.05) is 18.5 Å². The molecular weight excluding hydrogens is 323 g/mol. The normalized spacial score (nSPS) is 56.5. The van der Waals surface area contributed by atoms with Crippen LogP contribution in [0.2, 0.25) is 0 Å². The van der Waals surface area contributed by atoms with E-state index < -0.39 is 0 Å². The molecule has 8 saturated carbocycles. The fraction of sp³-hybridized carbons (Fsp3) is 1.00. The predicted molar refractivity (Wildman–Crippen MR) is 105 cm³/mol. The monoisotopic (exact) mass is 360 g/mol. The highest BCUT2D eigenvalue weighted by Crippen LogP contribution is 2.79. The van der Waals surface area contributed by atoms with Gasteiger partial charge in [-0.3, -0.25) is 0 Å². The molecule has 2 heteroatoms. The van der Waals surface area contributed by atoms with E-state index in [2.05, 4.69) is 6.92 Å². The lowest BCUT2D eigenvalue weighted by Gasteiger charge is -2.66. The predicted octanol–water partition coefficient (Wildman–Crippen LogP) is 6.75. The van der Waals surface area contributed by atoms with E-state index >= 15 is 0 Å². The maximum Gasteiger partial charge on any atom is 0.0506 e. The summed E-state index contributed by atoms with van der Waals surface area (Å²) in [6.45, 7) is 3.38. The summed E-state index contributed by atoms with van der Waals surface area (Å²) in [6, 6.07) is 0. The molecule has 0 aromatic carbocycles. The summed E-state index contributed by atoms with van der Waals surface area (Å²) in [5.74, 6) is 6.47. The third kappa shape index (κ3) is 2.47. The van der Waals surface area contributed by atoms with Crippen LogP contribution in [0.25, 0.3) is 0 Å². The van der Waals surface area contributed by atoms with E-state index in [1.807, 2.05) is 0 Å². The lowest BCUT2D eigenvalue weighted by atomic mass is 9.55. The van der Waals surface area contributed by atoms with Gasteiger partial charge in [-0.05, 0) is 119 Å². The zero-order valence-corrected chi connectivity index (χ0v) is 17.1. The van der Waals surface area contributed by atoms with Crippen LogP contribution in [0.15, 0.2) is 0 Å². The first-order chi connectivity index (χ1) is 12.2. The molecule has 0 heterocycles. The summed E-state index contributed by atoms with van der Waals surface area (Å²) >= 11 is 0. The van der Waals surface area contributed by atoms with Crippen molar-refractivity contribution >= 4 is 8.15 Å². The molecule has 0 spiro atoms. The molecule has 140 valence electrons. The SMILES string of the molecule is CCCOP(C12CC3CC(CC(C3)C1)C2)C12CC3CC(CC(C3)C1)C2. The summed E-state index contributed by atoms with van der Waals surface area (Å²) in [5, 5.41) is 1.32. The van der Waals surface area contributed by atoms with Crippen LogP contribution < -0.4 is 0 Å². The minimum atomic E-state index is -0.215. The topological polar surface area (TPSA) is 9.23 Å². The van der Waals surface area contributed by atoms with Crippen molar-refractivity contribution in [2.45, 2.75) is 101 Å². The van der Waals surface area contributed by atoms with Crippen LogP contribution in [0, 0.1) is 35.5 Å². The fourth-order valence-electron chi connectivity index (χ4n) is 9.59. The van der Waals surface area contributed by atoms with Crippen LogP contribution in [-0.2, 0) is 4.52 Å². The van der Waals surface area contributed by atoms with Gasteiger partial charge in [-0.1, -0.05) is 6.92 Å². The molecule has 0 aromatic rings. The first kappa shape index (κ1) is 16.4. The molecule has 25 heavy (non-hydrogen) atoms. The van der Waals surface area contributed by atoms with Crippen LogP contribution in [0.3, 0.4) is 0 Å². The van der Waals surface area contributed by atoms with E-state index in [1.54, 1.807) is 77.0 Å². The summed E-state index contributed by atoms with van der Waals surface area (Å²) in [5.41, 5.74) is 0. The highest BCUT2D eigenvalue weighted by molar-refractivity contribution is 7.56. The van der Waals surface area contributed by atoms with Gasteiger partial charge in [0.25, 0.3) is 0 Å². The molecule has 0 radical (unpaired) electrons. The summed E-state index contributed by atoms with van der Waals surface area (Å²) in [7, 11) is -0.215. The lowest BCUT2D eigenvalue weighted by molar-refractivity contribution is 0.00983. The van der Waals surface area contributed by atoms with Crippen molar-refractivity contribution in [3.05, 3.63) is 0 Å². The van der Waals surface area contributed by atoms with Crippen LogP contribution in [0.4, 0.5) is 0 Å². The Hall–Kier alpha value is 0.390.